The van der Waals surface area contributed by atoms with Gasteiger partial charge in [-0.3, -0.25) is 11.3 Å². The quantitative estimate of drug-likeness (QED) is 0.670. The van der Waals surface area contributed by atoms with E-state index < -0.39 is 0 Å². The van der Waals surface area contributed by atoms with E-state index in [-0.39, 0.29) is 6.04 Å². The molecule has 2 rings (SSSR count). The maximum atomic E-state index is 5.67. The fourth-order valence-electron chi connectivity index (χ4n) is 1.84. The Labute approximate surface area is 120 Å². The van der Waals surface area contributed by atoms with Crippen LogP contribution in [-0.4, -0.2) is 4.98 Å². The van der Waals surface area contributed by atoms with Gasteiger partial charge in [-0.05, 0) is 31.0 Å². The summed E-state index contributed by atoms with van der Waals surface area (Å²) in [4.78, 5) is 4.48. The van der Waals surface area contributed by atoms with Crippen LogP contribution in [0.4, 0.5) is 0 Å². The molecule has 3 N–H and O–H groups in total. The summed E-state index contributed by atoms with van der Waals surface area (Å²) in [5, 5.41) is 3.16. The van der Waals surface area contributed by atoms with Crippen LogP contribution in [0.5, 0.6) is 0 Å². The van der Waals surface area contributed by atoms with Crippen molar-refractivity contribution in [2.24, 2.45) is 5.84 Å². The van der Waals surface area contributed by atoms with Crippen molar-refractivity contribution in [2.45, 2.75) is 26.3 Å². The highest BCUT2D eigenvalue weighted by Gasteiger charge is 2.15. The van der Waals surface area contributed by atoms with Crippen LogP contribution in [0, 0.1) is 13.8 Å². The van der Waals surface area contributed by atoms with E-state index in [2.05, 4.69) is 56.8 Å². The van der Waals surface area contributed by atoms with Crippen molar-refractivity contribution in [3.63, 3.8) is 0 Å². The first kappa shape index (κ1) is 13.7. The van der Waals surface area contributed by atoms with E-state index >= 15 is 0 Å². The van der Waals surface area contributed by atoms with E-state index in [1.54, 1.807) is 11.3 Å². The molecule has 0 aliphatic carbocycles. The van der Waals surface area contributed by atoms with Crippen LogP contribution in [0.15, 0.2) is 28.1 Å². The highest BCUT2D eigenvalue weighted by molar-refractivity contribution is 9.10. The van der Waals surface area contributed by atoms with E-state index in [0.29, 0.717) is 0 Å². The van der Waals surface area contributed by atoms with Crippen molar-refractivity contribution in [3.05, 3.63) is 49.9 Å². The van der Waals surface area contributed by atoms with Crippen LogP contribution in [0.25, 0.3) is 0 Å². The monoisotopic (exact) mass is 325 g/mol. The number of benzene rings is 1. The molecule has 0 spiro atoms. The molecule has 0 bridgehead atoms. The molecule has 96 valence electrons. The van der Waals surface area contributed by atoms with Gasteiger partial charge < -0.3 is 0 Å². The number of nitrogens with zero attached hydrogens (tertiary/aromatic N) is 1. The summed E-state index contributed by atoms with van der Waals surface area (Å²) in [5.74, 6) is 5.67. The van der Waals surface area contributed by atoms with Crippen molar-refractivity contribution in [2.75, 3.05) is 0 Å². The molecule has 0 radical (unpaired) electrons. The third-order valence-electron chi connectivity index (χ3n) is 2.78. The van der Waals surface area contributed by atoms with Gasteiger partial charge >= 0.3 is 0 Å². The van der Waals surface area contributed by atoms with Crippen molar-refractivity contribution in [3.8, 4) is 0 Å². The summed E-state index contributed by atoms with van der Waals surface area (Å²) >= 11 is 5.27. The predicted molar refractivity (Wildman–Crippen MR) is 79.5 cm³/mol. The maximum absolute atomic E-state index is 5.67. The van der Waals surface area contributed by atoms with Crippen LogP contribution in [0.1, 0.15) is 27.9 Å². The number of aromatic nitrogens is 1. The Kier molecular flexibility index (Phi) is 4.50. The SMILES string of the molecule is Cc1ccc(C(Cc2nc(C)cs2)NN)c(Br)c1. The first-order valence-electron chi connectivity index (χ1n) is 5.73. The van der Waals surface area contributed by atoms with Gasteiger partial charge in [-0.2, -0.15) is 0 Å². The highest BCUT2D eigenvalue weighted by Crippen LogP contribution is 2.27. The van der Waals surface area contributed by atoms with Gasteiger partial charge in [-0.1, -0.05) is 28.1 Å². The molecule has 1 aromatic carbocycles. The molecule has 0 aliphatic rings. The number of aryl methyl sites for hydroxylation is 2. The summed E-state index contributed by atoms with van der Waals surface area (Å²) in [5.41, 5.74) is 6.33. The third kappa shape index (κ3) is 3.17. The molecule has 0 fully saturated rings. The first-order chi connectivity index (χ1) is 8.60. The number of nitrogens with two attached hydrogens (primary N) is 1. The van der Waals surface area contributed by atoms with Crippen LogP contribution < -0.4 is 11.3 Å². The minimum Gasteiger partial charge on any atom is -0.271 e. The lowest BCUT2D eigenvalue weighted by Gasteiger charge is -2.17. The van der Waals surface area contributed by atoms with Gasteiger partial charge in [-0.15, -0.1) is 11.3 Å². The molecule has 5 heteroatoms. The molecule has 1 atom stereocenters. The number of halogens is 1. The van der Waals surface area contributed by atoms with Crippen molar-refractivity contribution < 1.29 is 0 Å². The van der Waals surface area contributed by atoms with Crippen LogP contribution in [-0.2, 0) is 6.42 Å². The summed E-state index contributed by atoms with van der Waals surface area (Å²) in [6, 6.07) is 6.37. The topological polar surface area (TPSA) is 50.9 Å². The highest BCUT2D eigenvalue weighted by atomic mass is 79.9. The molecule has 3 nitrogen and oxygen atoms in total. The minimum absolute atomic E-state index is 0.0746. The molecular weight excluding hydrogens is 310 g/mol. The van der Waals surface area contributed by atoms with Crippen LogP contribution in [0.2, 0.25) is 0 Å². The zero-order chi connectivity index (χ0) is 13.1. The second-order valence-electron chi connectivity index (χ2n) is 4.33. The largest absolute Gasteiger partial charge is 0.271 e. The average molecular weight is 326 g/mol. The van der Waals surface area contributed by atoms with Crippen molar-refractivity contribution >= 4 is 27.3 Å². The molecule has 1 aromatic heterocycles. The van der Waals surface area contributed by atoms with Gasteiger partial charge in [0.05, 0.1) is 11.0 Å². The van der Waals surface area contributed by atoms with Gasteiger partial charge in [0.1, 0.15) is 0 Å². The summed E-state index contributed by atoms with van der Waals surface area (Å²) in [7, 11) is 0. The van der Waals surface area contributed by atoms with Gasteiger partial charge in [0.2, 0.25) is 0 Å². The molecule has 1 unspecified atom stereocenters. The number of hydrogen-bond donors (Lipinski definition) is 2. The lowest BCUT2D eigenvalue weighted by molar-refractivity contribution is 0.548. The van der Waals surface area contributed by atoms with E-state index in [9.17, 15) is 0 Å². The smallest absolute Gasteiger partial charge is 0.0947 e. The van der Waals surface area contributed by atoms with E-state index in [4.69, 9.17) is 5.84 Å². The van der Waals surface area contributed by atoms with E-state index in [1.807, 2.05) is 6.92 Å². The van der Waals surface area contributed by atoms with Gasteiger partial charge in [0.15, 0.2) is 0 Å². The maximum Gasteiger partial charge on any atom is 0.0947 e. The fraction of sp³-hybridized carbons (Fsp3) is 0.308. The lowest BCUT2D eigenvalue weighted by Crippen LogP contribution is -2.29. The molecule has 0 amide bonds. The Bertz CT molecular complexity index is 539. The summed E-state index contributed by atoms with van der Waals surface area (Å²) in [6.07, 6.45) is 0.802. The number of hydrazine groups is 1. The van der Waals surface area contributed by atoms with Crippen molar-refractivity contribution in [1.82, 2.24) is 10.4 Å². The second-order valence-corrected chi connectivity index (χ2v) is 6.13. The van der Waals surface area contributed by atoms with Crippen LogP contribution in [0.3, 0.4) is 0 Å². The Balaban J connectivity index is 2.22. The molecule has 18 heavy (non-hydrogen) atoms. The van der Waals surface area contributed by atoms with Gasteiger partial charge in [-0.25, -0.2) is 4.98 Å². The first-order valence-corrected chi connectivity index (χ1v) is 7.40. The minimum atomic E-state index is 0.0746. The average Bonchev–Trinajstić information content (AvgIpc) is 2.72. The Hall–Kier alpha value is -0.750. The number of thiazole rings is 1. The van der Waals surface area contributed by atoms with Gasteiger partial charge in [0, 0.05) is 22.0 Å². The molecular formula is C13H16BrN3S. The second kappa shape index (κ2) is 5.93. The standard InChI is InChI=1S/C13H16BrN3S/c1-8-3-4-10(11(14)5-8)12(17-15)6-13-16-9(2)7-18-13/h3-5,7,12,17H,6,15H2,1-2H3. The predicted octanol–water partition coefficient (Wildman–Crippen LogP) is 3.27. The zero-order valence-electron chi connectivity index (χ0n) is 10.4. The Morgan fingerprint density at radius 2 is 2.22 bits per heavy atom. The number of rotatable bonds is 4. The van der Waals surface area contributed by atoms with Gasteiger partial charge in [0.25, 0.3) is 0 Å². The fourth-order valence-corrected chi connectivity index (χ4v) is 3.43. The summed E-state index contributed by atoms with van der Waals surface area (Å²) in [6.45, 7) is 4.08. The lowest BCUT2D eigenvalue weighted by atomic mass is 10.0. The Morgan fingerprint density at radius 3 is 2.78 bits per heavy atom. The van der Waals surface area contributed by atoms with E-state index in [0.717, 1.165) is 27.2 Å². The Morgan fingerprint density at radius 1 is 1.44 bits per heavy atom. The molecule has 0 saturated carbocycles. The van der Waals surface area contributed by atoms with Crippen molar-refractivity contribution in [1.29, 1.82) is 0 Å². The van der Waals surface area contributed by atoms with E-state index in [1.165, 1.54) is 5.56 Å². The van der Waals surface area contributed by atoms with Crippen LogP contribution >= 0.6 is 27.3 Å². The normalized spacial score (nSPS) is 12.7. The molecule has 0 saturated heterocycles. The molecule has 1 heterocycles. The molecule has 0 aliphatic heterocycles. The zero-order valence-corrected chi connectivity index (χ0v) is 12.8. The molecule has 2 aromatic rings. The number of hydrogen-bond acceptors (Lipinski definition) is 4. The summed E-state index contributed by atoms with van der Waals surface area (Å²) < 4.78 is 1.08. The number of nitrogens with one attached hydrogen (secondary N) is 1. The third-order valence-corrected chi connectivity index (χ3v) is 4.45.